The largest absolute Gasteiger partial charge is 0.480 e. The third-order valence-electron chi connectivity index (χ3n) is 7.51. The number of rotatable bonds is 7. The molecule has 0 bridgehead atoms. The van der Waals surface area contributed by atoms with Gasteiger partial charge in [-0.2, -0.15) is 31.8 Å². The Morgan fingerprint density at radius 3 is 2.44 bits per heavy atom. The van der Waals surface area contributed by atoms with Gasteiger partial charge in [0.15, 0.2) is 17.2 Å². The lowest BCUT2D eigenvalue weighted by Crippen LogP contribution is -2.14. The van der Waals surface area contributed by atoms with Gasteiger partial charge in [-0.05, 0) is 32.3 Å². The average molecular weight is 583 g/mol. The molecule has 9 nitrogen and oxygen atoms in total. The lowest BCUT2D eigenvalue weighted by molar-refractivity contribution is -0.140. The molecule has 0 unspecified atom stereocenters. The molecular formula is C28H29F3N8OS. The van der Waals surface area contributed by atoms with E-state index in [2.05, 4.69) is 25.0 Å². The van der Waals surface area contributed by atoms with Gasteiger partial charge in [0.2, 0.25) is 5.88 Å². The van der Waals surface area contributed by atoms with E-state index in [1.54, 1.807) is 38.6 Å². The normalized spacial score (nSPS) is 14.5. The zero-order valence-corrected chi connectivity index (χ0v) is 23.7. The van der Waals surface area contributed by atoms with E-state index in [0.717, 1.165) is 42.1 Å². The molecule has 1 aliphatic rings. The smallest absolute Gasteiger partial charge is 0.434 e. The fourth-order valence-corrected chi connectivity index (χ4v) is 5.05. The number of methoxy groups -OCH3 is 1. The summed E-state index contributed by atoms with van der Waals surface area (Å²) < 4.78 is 48.6. The lowest BCUT2D eigenvalue weighted by atomic mass is 9.81. The van der Waals surface area contributed by atoms with Crippen molar-refractivity contribution in [2.75, 3.05) is 7.11 Å². The number of benzene rings is 1. The van der Waals surface area contributed by atoms with Gasteiger partial charge in [-0.25, -0.2) is 29.6 Å². The van der Waals surface area contributed by atoms with Crippen molar-refractivity contribution in [3.05, 3.63) is 66.1 Å². The number of aromatic nitrogens is 8. The number of nitrogens with zero attached hydrogens (tertiary/aromatic N) is 8. The summed E-state index contributed by atoms with van der Waals surface area (Å²) in [5.74, 6) is 1.51. The molecule has 214 valence electrons. The van der Waals surface area contributed by atoms with E-state index in [0.29, 0.717) is 40.9 Å². The minimum Gasteiger partial charge on any atom is -0.480 e. The minimum absolute atomic E-state index is 0. The first-order valence-electron chi connectivity index (χ1n) is 13.1. The molecule has 0 aliphatic heterocycles. The van der Waals surface area contributed by atoms with Crippen LogP contribution in [0.4, 0.5) is 13.2 Å². The Morgan fingerprint density at radius 1 is 1.05 bits per heavy atom. The maximum atomic E-state index is 13.2. The topological polar surface area (TPSA) is 96.4 Å². The Kier molecular flexibility index (Phi) is 7.73. The minimum atomic E-state index is -4.50. The highest BCUT2D eigenvalue weighted by atomic mass is 32.1. The molecule has 4 heterocycles. The molecule has 0 N–H and O–H groups in total. The number of hydrogen-bond acceptors (Lipinski definition) is 7. The van der Waals surface area contributed by atoms with Crippen molar-refractivity contribution in [2.45, 2.75) is 57.8 Å². The van der Waals surface area contributed by atoms with Crippen LogP contribution >= 0.6 is 13.5 Å². The summed E-state index contributed by atoms with van der Waals surface area (Å²) >= 11 is 0. The molecule has 0 spiro atoms. The number of ether oxygens (including phenoxy) is 1. The third-order valence-corrected chi connectivity index (χ3v) is 7.51. The van der Waals surface area contributed by atoms with E-state index in [9.17, 15) is 13.2 Å². The number of aryl methyl sites for hydroxylation is 1. The van der Waals surface area contributed by atoms with E-state index in [1.807, 2.05) is 23.7 Å². The molecule has 6 rings (SSSR count). The van der Waals surface area contributed by atoms with Crippen molar-refractivity contribution >= 4 is 24.5 Å². The number of halogens is 3. The van der Waals surface area contributed by atoms with E-state index in [1.165, 1.54) is 10.9 Å². The summed E-state index contributed by atoms with van der Waals surface area (Å²) in [6.07, 6.45) is 4.77. The maximum Gasteiger partial charge on any atom is 0.434 e. The number of hydrogen-bond donors (Lipinski definition) is 0. The summed E-state index contributed by atoms with van der Waals surface area (Å²) in [5.41, 5.74) is 2.85. The van der Waals surface area contributed by atoms with Crippen LogP contribution in [0.2, 0.25) is 0 Å². The van der Waals surface area contributed by atoms with Gasteiger partial charge in [0, 0.05) is 30.4 Å². The maximum absolute atomic E-state index is 13.2. The van der Waals surface area contributed by atoms with E-state index in [-0.39, 0.29) is 25.4 Å². The molecule has 0 amide bonds. The van der Waals surface area contributed by atoms with Crippen LogP contribution in [0.15, 0.2) is 49.2 Å². The van der Waals surface area contributed by atoms with Gasteiger partial charge < -0.3 is 9.30 Å². The van der Waals surface area contributed by atoms with Gasteiger partial charge in [-0.15, -0.1) is 0 Å². The first-order valence-corrected chi connectivity index (χ1v) is 13.1. The van der Waals surface area contributed by atoms with Crippen molar-refractivity contribution in [1.82, 2.24) is 39.3 Å². The molecule has 13 heteroatoms. The second-order valence-electron chi connectivity index (χ2n) is 9.86. The van der Waals surface area contributed by atoms with Gasteiger partial charge in [0.25, 0.3) is 0 Å². The molecule has 4 aromatic heterocycles. The van der Waals surface area contributed by atoms with Crippen LogP contribution in [0.1, 0.15) is 62.0 Å². The summed E-state index contributed by atoms with van der Waals surface area (Å²) in [4.78, 5) is 22.2. The van der Waals surface area contributed by atoms with Gasteiger partial charge in [0.05, 0.1) is 30.4 Å². The summed E-state index contributed by atoms with van der Waals surface area (Å²) in [7, 11) is 1.57. The molecule has 1 fully saturated rings. The fraction of sp³-hybridized carbons (Fsp3) is 0.357. The predicted molar refractivity (Wildman–Crippen MR) is 152 cm³/mol. The molecule has 1 atom stereocenters. The monoisotopic (exact) mass is 582 g/mol. The number of fused-ring (bicyclic) bond motifs is 1. The van der Waals surface area contributed by atoms with Crippen LogP contribution in [0.5, 0.6) is 5.88 Å². The molecular weight excluding hydrogens is 553 g/mol. The predicted octanol–water partition coefficient (Wildman–Crippen LogP) is 6.18. The Balaban J connectivity index is 0.00000337. The highest BCUT2D eigenvalue weighted by Crippen LogP contribution is 2.42. The Bertz CT molecular complexity index is 1680. The quantitative estimate of drug-likeness (QED) is 0.226. The van der Waals surface area contributed by atoms with Crippen molar-refractivity contribution in [3.63, 3.8) is 0 Å². The molecule has 1 saturated carbocycles. The number of alkyl halides is 3. The highest BCUT2D eigenvalue weighted by Gasteiger charge is 2.35. The summed E-state index contributed by atoms with van der Waals surface area (Å²) in [6.45, 7) is 4.15. The molecule has 1 aliphatic carbocycles. The van der Waals surface area contributed by atoms with Crippen molar-refractivity contribution < 1.29 is 17.9 Å². The summed E-state index contributed by atoms with van der Waals surface area (Å²) in [6, 6.07) is 7.10. The molecule has 0 saturated heterocycles. The molecule has 41 heavy (non-hydrogen) atoms. The Hall–Kier alpha value is -4.00. The molecule has 5 aromatic rings. The first kappa shape index (κ1) is 28.5. The van der Waals surface area contributed by atoms with Gasteiger partial charge in [-0.3, -0.25) is 0 Å². The Labute approximate surface area is 241 Å². The van der Waals surface area contributed by atoms with E-state index >= 15 is 0 Å². The third kappa shape index (κ3) is 5.14. The van der Waals surface area contributed by atoms with Crippen LogP contribution < -0.4 is 4.74 Å². The zero-order chi connectivity index (χ0) is 28.0. The second-order valence-corrected chi connectivity index (χ2v) is 9.86. The van der Waals surface area contributed by atoms with E-state index in [4.69, 9.17) is 9.72 Å². The van der Waals surface area contributed by atoms with Crippen molar-refractivity contribution in [1.29, 1.82) is 0 Å². The lowest BCUT2D eigenvalue weighted by Gasteiger charge is -2.26. The van der Waals surface area contributed by atoms with Gasteiger partial charge in [-0.1, -0.05) is 30.7 Å². The standard InChI is InChI=1S/C28H27F3N8O.H2S/c1-4-38-14-21(28(29,30)31)36-25(38)19-10-8-17(9-11-19)16(2)39-26-20(13-35-39)12-32-24(37-26)22-23(18-6-5-7-18)33-15-34-27(22)40-3;/h8-16,18H,4-7H2,1-3H3;1H2/t16-;/m0./s1. The van der Waals surface area contributed by atoms with E-state index < -0.39 is 11.9 Å². The van der Waals surface area contributed by atoms with Crippen molar-refractivity contribution in [3.8, 4) is 28.7 Å². The first-order chi connectivity index (χ1) is 19.3. The second kappa shape index (κ2) is 11.1. The van der Waals surface area contributed by atoms with Crippen LogP contribution in [0.25, 0.3) is 33.8 Å². The fourth-order valence-electron chi connectivity index (χ4n) is 5.05. The average Bonchev–Trinajstić information content (AvgIpc) is 3.56. The zero-order valence-electron chi connectivity index (χ0n) is 22.7. The Morgan fingerprint density at radius 2 is 1.80 bits per heavy atom. The van der Waals surface area contributed by atoms with Crippen LogP contribution in [0, 0.1) is 0 Å². The highest BCUT2D eigenvalue weighted by molar-refractivity contribution is 7.59. The SMILES string of the molecule is CCn1cc(C(F)(F)F)nc1-c1ccc([C@H](C)n2ncc3cnc(-c4c(OC)ncnc4C4CCC4)nc32)cc1.S. The van der Waals surface area contributed by atoms with Gasteiger partial charge >= 0.3 is 6.18 Å². The summed E-state index contributed by atoms with van der Waals surface area (Å²) in [5, 5.41) is 5.36. The van der Waals surface area contributed by atoms with Gasteiger partial charge in [0.1, 0.15) is 17.7 Å². The van der Waals surface area contributed by atoms with Crippen LogP contribution in [0.3, 0.4) is 0 Å². The van der Waals surface area contributed by atoms with Crippen LogP contribution in [-0.4, -0.2) is 46.4 Å². The van der Waals surface area contributed by atoms with Crippen LogP contribution in [-0.2, 0) is 12.7 Å². The number of imidazole rings is 1. The molecule has 1 aromatic carbocycles. The molecule has 0 radical (unpaired) electrons. The van der Waals surface area contributed by atoms with Crippen molar-refractivity contribution in [2.24, 2.45) is 0 Å².